The number of aromatic nitrogens is 1. The van der Waals surface area contributed by atoms with Crippen LogP contribution in [0, 0.1) is 11.7 Å². The summed E-state index contributed by atoms with van der Waals surface area (Å²) in [6.07, 6.45) is 2.35. The van der Waals surface area contributed by atoms with Gasteiger partial charge >= 0.3 is 0 Å². The first-order valence-corrected chi connectivity index (χ1v) is 9.06. The van der Waals surface area contributed by atoms with Gasteiger partial charge in [-0.25, -0.2) is 9.37 Å². The van der Waals surface area contributed by atoms with Crippen LogP contribution in [0.5, 0.6) is 11.5 Å². The number of amides is 1. The Labute approximate surface area is 162 Å². The minimum absolute atomic E-state index is 0.0913. The molecule has 142 valence electrons. The molecule has 1 saturated heterocycles. The number of nitrogens with zero attached hydrogens (tertiary/aromatic N) is 1. The summed E-state index contributed by atoms with van der Waals surface area (Å²) in [4.78, 5) is 16.5. The number of carbonyl (C=O) groups excluding carboxylic acids is 1. The highest BCUT2D eigenvalue weighted by Gasteiger charge is 2.23. The third kappa shape index (κ3) is 4.18. The molecule has 6 heteroatoms. The molecular formula is C22H19FN2O3. The average molecular weight is 378 g/mol. The summed E-state index contributed by atoms with van der Waals surface area (Å²) in [5.74, 6) is 0.868. The van der Waals surface area contributed by atoms with Crippen LogP contribution in [0.25, 0.3) is 11.1 Å². The fraction of sp³-hybridized carbons (Fsp3) is 0.182. The fourth-order valence-corrected chi connectivity index (χ4v) is 3.09. The largest absolute Gasteiger partial charge is 0.457 e. The van der Waals surface area contributed by atoms with Gasteiger partial charge in [-0.1, -0.05) is 24.3 Å². The lowest BCUT2D eigenvalue weighted by Gasteiger charge is -2.13. The van der Waals surface area contributed by atoms with Gasteiger partial charge < -0.3 is 14.8 Å². The van der Waals surface area contributed by atoms with E-state index in [2.05, 4.69) is 10.3 Å². The van der Waals surface area contributed by atoms with Gasteiger partial charge in [0.25, 0.3) is 0 Å². The van der Waals surface area contributed by atoms with Crippen molar-refractivity contribution in [1.29, 1.82) is 0 Å². The quantitative estimate of drug-likeness (QED) is 0.702. The van der Waals surface area contributed by atoms with E-state index < -0.39 is 0 Å². The maximum Gasteiger partial charge on any atom is 0.231 e. The number of rotatable bonds is 5. The predicted molar refractivity (Wildman–Crippen MR) is 104 cm³/mol. The standard InChI is InChI=1S/C22H19FN2O3/c23-17-4-3-5-18(13-17)28-20-7-2-1-6-19(20)15-8-10-24-21(12-15)25-22(26)16-9-11-27-14-16/h1-8,10,12-13,16H,9,11,14H2,(H,24,25,26). The molecule has 1 unspecified atom stereocenters. The van der Waals surface area contributed by atoms with E-state index in [-0.39, 0.29) is 17.6 Å². The van der Waals surface area contributed by atoms with Gasteiger partial charge in [0.15, 0.2) is 0 Å². The molecule has 1 atom stereocenters. The highest BCUT2D eigenvalue weighted by atomic mass is 19.1. The first kappa shape index (κ1) is 18.1. The van der Waals surface area contributed by atoms with Crippen LogP contribution in [-0.2, 0) is 9.53 Å². The van der Waals surface area contributed by atoms with E-state index in [1.165, 1.54) is 12.1 Å². The van der Waals surface area contributed by atoms with Crippen molar-refractivity contribution in [2.75, 3.05) is 18.5 Å². The molecule has 1 N–H and O–H groups in total. The molecule has 1 aliphatic heterocycles. The Morgan fingerprint density at radius 2 is 2.04 bits per heavy atom. The number of halogens is 1. The Kier molecular flexibility index (Phi) is 5.30. The first-order chi connectivity index (χ1) is 13.7. The van der Waals surface area contributed by atoms with Crippen LogP contribution in [-0.4, -0.2) is 24.1 Å². The number of pyridine rings is 1. The molecule has 0 bridgehead atoms. The third-order valence-electron chi connectivity index (χ3n) is 4.53. The summed E-state index contributed by atoms with van der Waals surface area (Å²) in [6.45, 7) is 1.05. The van der Waals surface area contributed by atoms with Crippen molar-refractivity contribution < 1.29 is 18.7 Å². The van der Waals surface area contributed by atoms with Crippen molar-refractivity contribution in [3.05, 3.63) is 72.7 Å². The lowest BCUT2D eigenvalue weighted by molar-refractivity contribution is -0.119. The number of hydrogen-bond acceptors (Lipinski definition) is 4. The SMILES string of the molecule is O=C(Nc1cc(-c2ccccc2Oc2cccc(F)c2)ccn1)C1CCOC1. The van der Waals surface area contributed by atoms with E-state index in [4.69, 9.17) is 9.47 Å². The van der Waals surface area contributed by atoms with Gasteiger partial charge in [-0.3, -0.25) is 4.79 Å². The zero-order valence-electron chi connectivity index (χ0n) is 15.1. The molecule has 4 rings (SSSR count). The maximum absolute atomic E-state index is 13.5. The molecule has 1 aliphatic rings. The molecule has 2 aromatic carbocycles. The molecule has 28 heavy (non-hydrogen) atoms. The number of carbonyl (C=O) groups is 1. The van der Waals surface area contributed by atoms with E-state index in [0.29, 0.717) is 30.5 Å². The molecule has 0 radical (unpaired) electrons. The molecule has 1 amide bonds. The van der Waals surface area contributed by atoms with Gasteiger partial charge in [0.2, 0.25) is 5.91 Å². The van der Waals surface area contributed by atoms with Crippen LogP contribution in [0.15, 0.2) is 66.9 Å². The number of para-hydroxylation sites is 1. The number of ether oxygens (including phenoxy) is 2. The summed E-state index contributed by atoms with van der Waals surface area (Å²) in [5.41, 5.74) is 1.65. The lowest BCUT2D eigenvalue weighted by Crippen LogP contribution is -2.23. The predicted octanol–water partition coefficient (Wildman–Crippen LogP) is 4.66. The normalized spacial score (nSPS) is 16.0. The van der Waals surface area contributed by atoms with Gasteiger partial charge in [-0.15, -0.1) is 0 Å². The van der Waals surface area contributed by atoms with Crippen LogP contribution in [0.3, 0.4) is 0 Å². The Hall–Kier alpha value is -3.25. The van der Waals surface area contributed by atoms with Crippen molar-refractivity contribution in [3.8, 4) is 22.6 Å². The molecule has 0 spiro atoms. The number of benzene rings is 2. The summed E-state index contributed by atoms with van der Waals surface area (Å²) in [6, 6.07) is 17.1. The summed E-state index contributed by atoms with van der Waals surface area (Å²) in [5, 5.41) is 2.85. The Bertz CT molecular complexity index is 987. The molecule has 0 aliphatic carbocycles. The molecule has 1 aromatic heterocycles. The van der Waals surface area contributed by atoms with E-state index >= 15 is 0 Å². The van der Waals surface area contributed by atoms with Crippen LogP contribution >= 0.6 is 0 Å². The van der Waals surface area contributed by atoms with Crippen LogP contribution in [0.2, 0.25) is 0 Å². The number of hydrogen-bond donors (Lipinski definition) is 1. The molecule has 2 heterocycles. The van der Waals surface area contributed by atoms with Crippen LogP contribution < -0.4 is 10.1 Å². The van der Waals surface area contributed by atoms with Crippen molar-refractivity contribution in [1.82, 2.24) is 4.98 Å². The fourth-order valence-electron chi connectivity index (χ4n) is 3.09. The zero-order valence-corrected chi connectivity index (χ0v) is 15.1. The minimum atomic E-state index is -0.361. The molecule has 0 saturated carbocycles. The van der Waals surface area contributed by atoms with Crippen molar-refractivity contribution >= 4 is 11.7 Å². The number of anilines is 1. The Balaban J connectivity index is 1.58. The topological polar surface area (TPSA) is 60.5 Å². The minimum Gasteiger partial charge on any atom is -0.457 e. The zero-order chi connectivity index (χ0) is 19.3. The van der Waals surface area contributed by atoms with Gasteiger partial charge in [0.05, 0.1) is 12.5 Å². The monoisotopic (exact) mass is 378 g/mol. The van der Waals surface area contributed by atoms with E-state index in [0.717, 1.165) is 17.5 Å². The first-order valence-electron chi connectivity index (χ1n) is 9.06. The summed E-state index contributed by atoms with van der Waals surface area (Å²) in [7, 11) is 0. The van der Waals surface area contributed by atoms with Gasteiger partial charge in [0.1, 0.15) is 23.1 Å². The van der Waals surface area contributed by atoms with Gasteiger partial charge in [-0.2, -0.15) is 0 Å². The molecule has 1 fully saturated rings. The third-order valence-corrected chi connectivity index (χ3v) is 4.53. The highest BCUT2D eigenvalue weighted by Crippen LogP contribution is 2.34. The second kappa shape index (κ2) is 8.19. The number of nitrogens with one attached hydrogen (secondary N) is 1. The van der Waals surface area contributed by atoms with Crippen LogP contribution in [0.4, 0.5) is 10.2 Å². The van der Waals surface area contributed by atoms with E-state index in [1.54, 1.807) is 24.4 Å². The maximum atomic E-state index is 13.5. The smallest absolute Gasteiger partial charge is 0.231 e. The van der Waals surface area contributed by atoms with Gasteiger partial charge in [0, 0.05) is 24.4 Å². The second-order valence-electron chi connectivity index (χ2n) is 6.54. The second-order valence-corrected chi connectivity index (χ2v) is 6.54. The summed E-state index contributed by atoms with van der Waals surface area (Å²) < 4.78 is 24.6. The molecule has 5 nitrogen and oxygen atoms in total. The van der Waals surface area contributed by atoms with Crippen molar-refractivity contribution in [2.24, 2.45) is 5.92 Å². The highest BCUT2D eigenvalue weighted by molar-refractivity contribution is 5.92. The van der Waals surface area contributed by atoms with Crippen molar-refractivity contribution in [3.63, 3.8) is 0 Å². The lowest BCUT2D eigenvalue weighted by atomic mass is 10.1. The van der Waals surface area contributed by atoms with E-state index in [1.807, 2.05) is 30.3 Å². The Morgan fingerprint density at radius 1 is 1.14 bits per heavy atom. The van der Waals surface area contributed by atoms with Crippen LogP contribution in [0.1, 0.15) is 6.42 Å². The van der Waals surface area contributed by atoms with E-state index in [9.17, 15) is 9.18 Å². The Morgan fingerprint density at radius 3 is 2.86 bits per heavy atom. The average Bonchev–Trinajstić information content (AvgIpc) is 3.24. The summed E-state index contributed by atoms with van der Waals surface area (Å²) >= 11 is 0. The molecular weight excluding hydrogens is 359 g/mol. The van der Waals surface area contributed by atoms with Crippen molar-refractivity contribution in [2.45, 2.75) is 6.42 Å². The van der Waals surface area contributed by atoms with Gasteiger partial charge in [-0.05, 0) is 42.3 Å². The molecule has 3 aromatic rings.